The first-order chi connectivity index (χ1) is 5.27. The van der Waals surface area contributed by atoms with Crippen molar-refractivity contribution >= 4 is 0 Å². The van der Waals surface area contributed by atoms with Crippen LogP contribution in [0.25, 0.3) is 0 Å². The zero-order chi connectivity index (χ0) is 7.84. The summed E-state index contributed by atoms with van der Waals surface area (Å²) < 4.78 is 0. The Morgan fingerprint density at radius 1 is 1.36 bits per heavy atom. The monoisotopic (exact) mass is 150 g/mol. The minimum atomic E-state index is 0.893. The van der Waals surface area contributed by atoms with Gasteiger partial charge in [0.15, 0.2) is 0 Å². The van der Waals surface area contributed by atoms with E-state index in [0.29, 0.717) is 0 Å². The van der Waals surface area contributed by atoms with Crippen LogP contribution in [0.15, 0.2) is 11.1 Å². The van der Waals surface area contributed by atoms with Gasteiger partial charge in [0.2, 0.25) is 0 Å². The molecular formula is C11H18. The summed E-state index contributed by atoms with van der Waals surface area (Å²) in [5, 5.41) is 0. The Hall–Kier alpha value is -0.260. The molecule has 0 spiro atoms. The number of rotatable bonds is 0. The lowest BCUT2D eigenvalue weighted by molar-refractivity contribution is 0.322. The van der Waals surface area contributed by atoms with E-state index in [0.717, 1.165) is 11.8 Å². The summed E-state index contributed by atoms with van der Waals surface area (Å²) in [6.07, 6.45) is 7.28. The maximum Gasteiger partial charge on any atom is -0.0229 e. The SMILES string of the molecule is CC1=C2CCCC(C2)CC1C. The van der Waals surface area contributed by atoms with E-state index in [-0.39, 0.29) is 0 Å². The van der Waals surface area contributed by atoms with Gasteiger partial charge in [-0.05, 0) is 50.9 Å². The van der Waals surface area contributed by atoms with Crippen molar-refractivity contribution in [2.45, 2.75) is 46.0 Å². The predicted octanol–water partition coefficient (Wildman–Crippen LogP) is 3.53. The summed E-state index contributed by atoms with van der Waals surface area (Å²) in [5.74, 6) is 1.95. The van der Waals surface area contributed by atoms with Crippen LogP contribution in [0.4, 0.5) is 0 Å². The Bertz CT molecular complexity index is 188. The topological polar surface area (TPSA) is 0 Å². The molecule has 0 amide bonds. The van der Waals surface area contributed by atoms with E-state index in [9.17, 15) is 0 Å². The Morgan fingerprint density at radius 2 is 2.18 bits per heavy atom. The van der Waals surface area contributed by atoms with Gasteiger partial charge in [0.25, 0.3) is 0 Å². The van der Waals surface area contributed by atoms with Gasteiger partial charge >= 0.3 is 0 Å². The summed E-state index contributed by atoms with van der Waals surface area (Å²) >= 11 is 0. The van der Waals surface area contributed by atoms with Crippen molar-refractivity contribution in [2.24, 2.45) is 11.8 Å². The maximum atomic E-state index is 2.40. The van der Waals surface area contributed by atoms with Crippen LogP contribution in [0.5, 0.6) is 0 Å². The predicted molar refractivity (Wildman–Crippen MR) is 48.4 cm³/mol. The third kappa shape index (κ3) is 1.23. The molecule has 2 rings (SSSR count). The van der Waals surface area contributed by atoms with Gasteiger partial charge < -0.3 is 0 Å². The molecular weight excluding hydrogens is 132 g/mol. The summed E-state index contributed by atoms with van der Waals surface area (Å²) in [6, 6.07) is 0. The van der Waals surface area contributed by atoms with Crippen molar-refractivity contribution < 1.29 is 0 Å². The molecule has 0 aromatic rings. The van der Waals surface area contributed by atoms with Crippen molar-refractivity contribution in [1.29, 1.82) is 0 Å². The van der Waals surface area contributed by atoms with Gasteiger partial charge in [-0.15, -0.1) is 0 Å². The standard InChI is InChI=1S/C11H18/c1-8-6-10-4-3-5-11(7-10)9(8)2/h8,10H,3-7H2,1-2H3. The Labute approximate surface area is 69.7 Å². The van der Waals surface area contributed by atoms with E-state index < -0.39 is 0 Å². The lowest BCUT2D eigenvalue weighted by Crippen LogP contribution is -2.20. The first-order valence-corrected chi connectivity index (χ1v) is 4.96. The molecule has 1 saturated carbocycles. The van der Waals surface area contributed by atoms with Crippen LogP contribution < -0.4 is 0 Å². The first-order valence-electron chi connectivity index (χ1n) is 4.96. The normalized spacial score (nSPS) is 37.6. The van der Waals surface area contributed by atoms with Crippen LogP contribution in [-0.2, 0) is 0 Å². The van der Waals surface area contributed by atoms with Crippen LogP contribution in [0.2, 0.25) is 0 Å². The van der Waals surface area contributed by atoms with E-state index in [1.165, 1.54) is 32.1 Å². The second-order valence-electron chi connectivity index (χ2n) is 4.39. The third-order valence-corrected chi connectivity index (χ3v) is 3.61. The molecule has 2 aliphatic rings. The van der Waals surface area contributed by atoms with E-state index in [1.54, 1.807) is 11.1 Å². The summed E-state index contributed by atoms with van der Waals surface area (Å²) in [4.78, 5) is 0. The van der Waals surface area contributed by atoms with E-state index in [4.69, 9.17) is 0 Å². The van der Waals surface area contributed by atoms with Gasteiger partial charge in [0, 0.05) is 0 Å². The van der Waals surface area contributed by atoms with E-state index in [2.05, 4.69) is 13.8 Å². The fraction of sp³-hybridized carbons (Fsp3) is 0.818. The Balaban J connectivity index is 2.25. The summed E-state index contributed by atoms with van der Waals surface area (Å²) in [6.45, 7) is 4.74. The molecule has 0 heteroatoms. The molecule has 0 aliphatic heterocycles. The molecule has 0 N–H and O–H groups in total. The Kier molecular flexibility index (Phi) is 1.78. The zero-order valence-electron chi connectivity index (χ0n) is 7.69. The molecule has 0 aromatic heterocycles. The molecule has 0 heterocycles. The molecule has 0 nitrogen and oxygen atoms in total. The van der Waals surface area contributed by atoms with Gasteiger partial charge in [-0.3, -0.25) is 0 Å². The third-order valence-electron chi connectivity index (χ3n) is 3.61. The molecule has 0 saturated heterocycles. The molecule has 0 radical (unpaired) electrons. The maximum absolute atomic E-state index is 2.40. The van der Waals surface area contributed by atoms with Gasteiger partial charge in [-0.25, -0.2) is 0 Å². The quantitative estimate of drug-likeness (QED) is 0.463. The van der Waals surface area contributed by atoms with E-state index in [1.807, 2.05) is 0 Å². The van der Waals surface area contributed by atoms with Gasteiger partial charge in [0.1, 0.15) is 0 Å². The smallest absolute Gasteiger partial charge is 0.0229 e. The zero-order valence-corrected chi connectivity index (χ0v) is 7.69. The average molecular weight is 150 g/mol. The highest BCUT2D eigenvalue weighted by molar-refractivity contribution is 5.20. The lowest BCUT2D eigenvalue weighted by atomic mass is 9.71. The Morgan fingerprint density at radius 3 is 3.00 bits per heavy atom. The number of hydrogen-bond acceptors (Lipinski definition) is 0. The van der Waals surface area contributed by atoms with Crippen molar-refractivity contribution in [3.63, 3.8) is 0 Å². The molecule has 2 bridgehead atoms. The fourth-order valence-electron chi connectivity index (χ4n) is 2.74. The summed E-state index contributed by atoms with van der Waals surface area (Å²) in [5.41, 5.74) is 3.53. The van der Waals surface area contributed by atoms with Crippen LogP contribution in [-0.4, -0.2) is 0 Å². The number of fused-ring (bicyclic) bond motifs is 2. The fourth-order valence-corrected chi connectivity index (χ4v) is 2.74. The molecule has 2 aliphatic carbocycles. The molecule has 0 aromatic carbocycles. The van der Waals surface area contributed by atoms with Crippen molar-refractivity contribution in [3.8, 4) is 0 Å². The molecule has 11 heavy (non-hydrogen) atoms. The van der Waals surface area contributed by atoms with Crippen LogP contribution in [0.1, 0.15) is 46.0 Å². The lowest BCUT2D eigenvalue weighted by Gasteiger charge is -2.34. The summed E-state index contributed by atoms with van der Waals surface area (Å²) in [7, 11) is 0. The average Bonchev–Trinajstić information content (AvgIpc) is 2.01. The van der Waals surface area contributed by atoms with Gasteiger partial charge in [-0.2, -0.15) is 0 Å². The van der Waals surface area contributed by atoms with Crippen LogP contribution in [0.3, 0.4) is 0 Å². The molecule has 2 atom stereocenters. The first kappa shape index (κ1) is 7.39. The highest BCUT2D eigenvalue weighted by Crippen LogP contribution is 2.41. The van der Waals surface area contributed by atoms with E-state index >= 15 is 0 Å². The molecule has 2 unspecified atom stereocenters. The minimum absolute atomic E-state index is 0.893. The molecule has 62 valence electrons. The van der Waals surface area contributed by atoms with Crippen molar-refractivity contribution in [1.82, 2.24) is 0 Å². The number of allylic oxidation sites excluding steroid dienone is 2. The van der Waals surface area contributed by atoms with Crippen LogP contribution in [0, 0.1) is 11.8 Å². The van der Waals surface area contributed by atoms with Crippen molar-refractivity contribution in [2.75, 3.05) is 0 Å². The highest BCUT2D eigenvalue weighted by atomic mass is 14.3. The number of hydrogen-bond donors (Lipinski definition) is 0. The highest BCUT2D eigenvalue weighted by Gasteiger charge is 2.26. The molecule has 1 fully saturated rings. The largest absolute Gasteiger partial charge is 0.0713 e. The van der Waals surface area contributed by atoms with Gasteiger partial charge in [-0.1, -0.05) is 18.1 Å². The van der Waals surface area contributed by atoms with Crippen LogP contribution >= 0.6 is 0 Å². The minimum Gasteiger partial charge on any atom is -0.0713 e. The second-order valence-corrected chi connectivity index (χ2v) is 4.39. The van der Waals surface area contributed by atoms with Gasteiger partial charge in [0.05, 0.1) is 0 Å². The van der Waals surface area contributed by atoms with Crippen molar-refractivity contribution in [3.05, 3.63) is 11.1 Å². The second kappa shape index (κ2) is 2.66.